The third-order valence-electron chi connectivity index (χ3n) is 10.6. The second-order valence-electron chi connectivity index (χ2n) is 14.2. The van der Waals surface area contributed by atoms with Gasteiger partial charge in [-0.05, 0) is 55.4 Å². The second-order valence-corrected chi connectivity index (χ2v) is 18.0. The van der Waals surface area contributed by atoms with Crippen molar-refractivity contribution >= 4 is 43.2 Å². The first-order chi connectivity index (χ1) is 24.0. The van der Waals surface area contributed by atoms with E-state index < -0.39 is 31.6 Å². The molecule has 50 heavy (non-hydrogen) atoms. The zero-order valence-electron chi connectivity index (χ0n) is 28.8. The Morgan fingerprint density at radius 2 is 1.72 bits per heavy atom. The molecule has 2 aromatic carbocycles. The van der Waals surface area contributed by atoms with E-state index in [9.17, 15) is 14.7 Å². The van der Waals surface area contributed by atoms with Crippen LogP contribution in [0.2, 0.25) is 18.6 Å². The lowest BCUT2D eigenvalue weighted by Crippen LogP contribution is -2.48. The number of carbonyl (C=O) groups is 3. The SMILES string of the molecule is C[C@H]1[C@H]([Si](C)(C)F)[C@@H](CCn2cc(CCO)nn2)O[C@]12C(=O)N(Cc1cccc(N3CCNCC3=O)c1)c1ccc(N3CCNCC3=O)cc12. The predicted octanol–water partition coefficient (Wildman–Crippen LogP) is 2.10. The molecular weight excluding hydrogens is 660 g/mol. The molecule has 13 nitrogen and oxygen atoms in total. The number of hydrogen-bond donors (Lipinski definition) is 3. The molecule has 0 saturated carbocycles. The molecule has 1 spiro atoms. The zero-order valence-corrected chi connectivity index (χ0v) is 29.8. The summed E-state index contributed by atoms with van der Waals surface area (Å²) in [6, 6.07) is 13.3. The van der Waals surface area contributed by atoms with Gasteiger partial charge in [-0.25, -0.2) is 0 Å². The number of fused-ring (bicyclic) bond motifs is 2. The second kappa shape index (κ2) is 13.6. The molecule has 7 rings (SSSR count). The van der Waals surface area contributed by atoms with Gasteiger partial charge in [0.1, 0.15) is 0 Å². The molecule has 4 atom stereocenters. The number of halogens is 1. The summed E-state index contributed by atoms with van der Waals surface area (Å²) >= 11 is 0. The lowest BCUT2D eigenvalue weighted by Gasteiger charge is -2.32. The molecule has 0 radical (unpaired) electrons. The molecule has 1 aromatic heterocycles. The Kier molecular flexibility index (Phi) is 9.36. The van der Waals surface area contributed by atoms with Crippen LogP contribution in [0, 0.1) is 5.92 Å². The minimum atomic E-state index is -3.42. The Hall–Kier alpha value is -4.02. The van der Waals surface area contributed by atoms with Crippen LogP contribution < -0.4 is 25.3 Å². The van der Waals surface area contributed by atoms with Crippen molar-refractivity contribution in [2.75, 3.05) is 60.6 Å². The number of carbonyl (C=O) groups excluding carboxylic acids is 3. The number of ether oxygens (including phenoxy) is 1. The highest BCUT2D eigenvalue weighted by Gasteiger charge is 2.66. The van der Waals surface area contributed by atoms with Gasteiger partial charge in [0.2, 0.25) is 20.2 Å². The minimum Gasteiger partial charge on any atom is -0.396 e. The average Bonchev–Trinajstić information content (AvgIpc) is 3.74. The van der Waals surface area contributed by atoms with Gasteiger partial charge in [0.05, 0.1) is 37.1 Å². The number of amides is 3. The fourth-order valence-corrected chi connectivity index (χ4v) is 10.9. The van der Waals surface area contributed by atoms with E-state index in [1.165, 1.54) is 0 Å². The minimum absolute atomic E-state index is 0.0104. The van der Waals surface area contributed by atoms with Crippen LogP contribution in [0.15, 0.2) is 48.7 Å². The first-order valence-corrected chi connectivity index (χ1v) is 20.4. The lowest BCUT2D eigenvalue weighted by molar-refractivity contribution is -0.146. The van der Waals surface area contributed by atoms with Crippen molar-refractivity contribution < 1.29 is 28.3 Å². The van der Waals surface area contributed by atoms with E-state index >= 15 is 8.90 Å². The van der Waals surface area contributed by atoms with Gasteiger partial charge in [0.25, 0.3) is 5.91 Å². The van der Waals surface area contributed by atoms with Crippen LogP contribution in [0.1, 0.15) is 30.2 Å². The van der Waals surface area contributed by atoms with E-state index in [0.29, 0.717) is 68.2 Å². The van der Waals surface area contributed by atoms with E-state index in [-0.39, 0.29) is 44.0 Å². The topological polar surface area (TPSA) is 145 Å². The maximum Gasteiger partial charge on any atom is 0.264 e. The number of rotatable bonds is 10. The predicted molar refractivity (Wildman–Crippen MR) is 188 cm³/mol. The van der Waals surface area contributed by atoms with E-state index in [1.54, 1.807) is 38.7 Å². The molecule has 266 valence electrons. The van der Waals surface area contributed by atoms with Crippen molar-refractivity contribution in [1.82, 2.24) is 25.6 Å². The molecule has 15 heteroatoms. The van der Waals surface area contributed by atoms with Crippen molar-refractivity contribution in [3.63, 3.8) is 0 Å². The summed E-state index contributed by atoms with van der Waals surface area (Å²) in [7, 11) is -3.42. The standard InChI is InChI=1S/C35H45FN8O5Si/c1-23-33(50(2,3)36)30(9-13-41-22-25(10-16-45)39-40-41)49-35(23)28-18-27(43-15-12-38-20-32(43)47)7-8-29(28)44(34(35)48)21-24-5-4-6-26(17-24)42-14-11-37-19-31(42)46/h4-8,17-18,22-23,30,33,37-38,45H,9-16,19-21H2,1-3H3/t23-,30+,33-,35+/m0/s1. The highest BCUT2D eigenvalue weighted by atomic mass is 28.4. The molecule has 5 heterocycles. The van der Waals surface area contributed by atoms with Crippen LogP contribution in [0.3, 0.4) is 0 Å². The summed E-state index contributed by atoms with van der Waals surface area (Å²) in [4.78, 5) is 45.9. The van der Waals surface area contributed by atoms with Crippen molar-refractivity contribution in [2.24, 2.45) is 5.92 Å². The van der Waals surface area contributed by atoms with Crippen molar-refractivity contribution in [1.29, 1.82) is 0 Å². The average molecular weight is 705 g/mol. The Balaban J connectivity index is 1.26. The molecule has 0 unspecified atom stereocenters. The van der Waals surface area contributed by atoms with E-state index in [4.69, 9.17) is 4.74 Å². The third kappa shape index (κ3) is 6.14. The maximum atomic E-state index is 16.5. The smallest absolute Gasteiger partial charge is 0.264 e. The van der Waals surface area contributed by atoms with Crippen molar-refractivity contribution in [3.8, 4) is 0 Å². The Morgan fingerprint density at radius 1 is 1.02 bits per heavy atom. The van der Waals surface area contributed by atoms with Crippen LogP contribution in [0.5, 0.6) is 0 Å². The van der Waals surface area contributed by atoms with Gasteiger partial charge in [-0.1, -0.05) is 24.3 Å². The lowest BCUT2D eigenvalue weighted by atomic mass is 9.82. The van der Waals surface area contributed by atoms with Gasteiger partial charge < -0.3 is 39.3 Å². The fourth-order valence-electron chi connectivity index (χ4n) is 8.33. The Morgan fingerprint density at radius 3 is 2.38 bits per heavy atom. The molecule has 4 aliphatic rings. The molecule has 3 N–H and O–H groups in total. The van der Waals surface area contributed by atoms with Crippen LogP contribution in [0.4, 0.5) is 21.2 Å². The van der Waals surface area contributed by atoms with Gasteiger partial charge in [0, 0.05) is 80.3 Å². The molecule has 3 saturated heterocycles. The number of nitrogens with zero attached hydrogens (tertiary/aromatic N) is 6. The van der Waals surface area contributed by atoms with Gasteiger partial charge in [-0.15, -0.1) is 5.10 Å². The zero-order chi connectivity index (χ0) is 35.2. The molecule has 0 aliphatic carbocycles. The number of aliphatic hydroxyl groups is 1. The monoisotopic (exact) mass is 704 g/mol. The quantitative estimate of drug-likeness (QED) is 0.214. The first kappa shape index (κ1) is 34.4. The van der Waals surface area contributed by atoms with Crippen LogP contribution in [-0.4, -0.2) is 98.2 Å². The summed E-state index contributed by atoms with van der Waals surface area (Å²) in [5.74, 6) is -0.838. The summed E-state index contributed by atoms with van der Waals surface area (Å²) in [6.45, 7) is 8.75. The number of nitrogens with one attached hydrogen (secondary N) is 2. The van der Waals surface area contributed by atoms with E-state index in [1.807, 2.05) is 49.4 Å². The van der Waals surface area contributed by atoms with Gasteiger partial charge in [-0.3, -0.25) is 19.1 Å². The molecule has 3 amide bonds. The van der Waals surface area contributed by atoms with Gasteiger partial charge in [0.15, 0.2) is 5.60 Å². The van der Waals surface area contributed by atoms with E-state index in [0.717, 1.165) is 11.3 Å². The highest BCUT2D eigenvalue weighted by Crippen LogP contribution is 2.60. The van der Waals surface area contributed by atoms with Crippen LogP contribution >= 0.6 is 0 Å². The summed E-state index contributed by atoms with van der Waals surface area (Å²) < 4.78 is 25.1. The Labute approximate surface area is 291 Å². The maximum absolute atomic E-state index is 16.5. The summed E-state index contributed by atoms with van der Waals surface area (Å²) in [5.41, 5.74) is 2.29. The molecule has 3 aromatic rings. The first-order valence-electron chi connectivity index (χ1n) is 17.5. The number of aryl methyl sites for hydroxylation is 1. The number of piperazine rings is 2. The number of benzene rings is 2. The van der Waals surface area contributed by atoms with Crippen LogP contribution in [0.25, 0.3) is 0 Å². The van der Waals surface area contributed by atoms with Crippen molar-refractivity contribution in [3.05, 3.63) is 65.5 Å². The van der Waals surface area contributed by atoms with Crippen molar-refractivity contribution in [2.45, 2.75) is 63.2 Å². The molecule has 0 bridgehead atoms. The Bertz CT molecular complexity index is 1780. The normalized spacial score (nSPS) is 25.7. The number of aliphatic hydroxyl groups excluding tert-OH is 1. The summed E-state index contributed by atoms with van der Waals surface area (Å²) in [6.07, 6.45) is 2.00. The number of hydrogen-bond acceptors (Lipinski definition) is 9. The molecular formula is C35H45FN8O5Si. The highest BCUT2D eigenvalue weighted by molar-refractivity contribution is 6.72. The fraction of sp³-hybridized carbons (Fsp3) is 0.514. The van der Waals surface area contributed by atoms with Gasteiger partial charge >= 0.3 is 0 Å². The van der Waals surface area contributed by atoms with Gasteiger partial charge in [-0.2, -0.15) is 0 Å². The largest absolute Gasteiger partial charge is 0.396 e. The summed E-state index contributed by atoms with van der Waals surface area (Å²) in [5, 5.41) is 23.8. The number of aromatic nitrogens is 3. The van der Waals surface area contributed by atoms with E-state index in [2.05, 4.69) is 20.9 Å². The molecule has 3 fully saturated rings. The third-order valence-corrected chi connectivity index (χ3v) is 13.1. The van der Waals surface area contributed by atoms with Crippen LogP contribution in [-0.2, 0) is 44.2 Å². The number of anilines is 3. The molecule has 4 aliphatic heterocycles.